The van der Waals surface area contributed by atoms with Gasteiger partial charge in [0.2, 0.25) is 0 Å². The molecule has 0 aliphatic carbocycles. The van der Waals surface area contributed by atoms with E-state index in [1.165, 1.54) is 24.0 Å². The number of nitrogens with zero attached hydrogens (tertiary/aromatic N) is 8. The summed E-state index contributed by atoms with van der Waals surface area (Å²) in [5.41, 5.74) is 14.8. The zero-order chi connectivity index (χ0) is 56.9. The monoisotopic (exact) mass is 1130 g/mol. The van der Waals surface area contributed by atoms with Gasteiger partial charge in [-0.3, -0.25) is 4.85 Å². The maximum Gasteiger partial charge on any atom is 1.00 e. The molecule has 1 atom stereocenters. The minimum atomic E-state index is -1.05. The van der Waals surface area contributed by atoms with E-state index in [1.54, 1.807) is 26.0 Å². The molecule has 2 aliphatic rings. The van der Waals surface area contributed by atoms with Crippen LogP contribution in [0, 0.1) is 74.7 Å². The molecule has 1 fully saturated rings. The molecule has 0 saturated carbocycles. The first kappa shape index (κ1) is 85.8. The Labute approximate surface area is 511 Å². The number of halogens is 1. The van der Waals surface area contributed by atoms with Crippen LogP contribution in [0.15, 0.2) is 132 Å². The first-order valence-corrected chi connectivity index (χ1v) is 25.5. The fourth-order valence-corrected chi connectivity index (χ4v) is 5.39. The second-order valence-corrected chi connectivity index (χ2v) is 17.8. The van der Waals surface area contributed by atoms with Crippen molar-refractivity contribution < 1.29 is 48.7 Å². The number of rotatable bonds is 19. The normalized spacial score (nSPS) is 11.9. The van der Waals surface area contributed by atoms with Crippen LogP contribution in [-0.2, 0) is 54.8 Å². The van der Waals surface area contributed by atoms with E-state index < -0.39 is 11.5 Å². The third kappa shape index (κ3) is 50.7. The van der Waals surface area contributed by atoms with Crippen LogP contribution in [0.4, 0.5) is 0 Å². The van der Waals surface area contributed by atoms with Crippen LogP contribution < -0.4 is 30.3 Å². The third-order valence-electron chi connectivity index (χ3n) is 10.1. The second-order valence-electron chi connectivity index (χ2n) is 17.6. The van der Waals surface area contributed by atoms with E-state index in [0.29, 0.717) is 46.1 Å². The number of ether oxygens (including phenoxy) is 6. The summed E-state index contributed by atoms with van der Waals surface area (Å²) in [5.74, 6) is 0. The van der Waals surface area contributed by atoms with Gasteiger partial charge in [-0.25, -0.2) is 13.1 Å². The number of hydrogen-bond donors (Lipinski definition) is 2. The molecule has 4 aromatic rings. The van der Waals surface area contributed by atoms with Crippen molar-refractivity contribution in [1.29, 1.82) is 21.0 Å². The number of nitrogens with two attached hydrogens (primary N) is 2. The molecule has 0 aromatic heterocycles. The third-order valence-corrected chi connectivity index (χ3v) is 10.2. The molecule has 16 nitrogen and oxygen atoms in total. The molecule has 1 saturated heterocycles. The molecule has 2 heterocycles. The second kappa shape index (κ2) is 59.6. The zero-order valence-corrected chi connectivity index (χ0v) is 47.4. The molecule has 1 unspecified atom stereocenters. The number of benzene rings is 4. The minimum absolute atomic E-state index is 0. The van der Waals surface area contributed by atoms with E-state index in [1.807, 2.05) is 142 Å². The summed E-state index contributed by atoms with van der Waals surface area (Å²) in [4.78, 5) is 5.64. The summed E-state index contributed by atoms with van der Waals surface area (Å²) >= 11 is 5.33. The predicted octanol–water partition coefficient (Wildman–Crippen LogP) is 8.75. The Balaban J connectivity index is -0.000000159. The number of alkyl halides is 1. The fraction of sp³-hybridized carbons (Fsp3) is 0.508. The number of hydrogen-bond acceptors (Lipinski definition) is 14. The van der Waals surface area contributed by atoms with Crippen molar-refractivity contribution in [2.45, 2.75) is 102 Å². The van der Waals surface area contributed by atoms with Gasteiger partial charge in [0.25, 0.3) is 6.54 Å². The minimum Gasteiger partial charge on any atom is -1.00 e. The average Bonchev–Trinajstić information content (AvgIpc) is 4.21. The van der Waals surface area contributed by atoms with Gasteiger partial charge >= 0.3 is 24.9 Å². The molecule has 0 spiro atoms. The summed E-state index contributed by atoms with van der Waals surface area (Å²) in [7, 11) is 0. The van der Waals surface area contributed by atoms with Gasteiger partial charge in [-0.1, -0.05) is 162 Å². The standard InChI is InChI=1S/C12H16N2O.C12H20N2O.C12H12N2O.C8H9ClO.C4H4N2.C4H8O.C4H10O.C3H2N2.2CH4.Al.Li.4H/c1-12(8-13-14-9-12)10-15-7-11-5-3-2-4-6-11;2*1-12(8-13,9-14)10-15-7-11-5-3-2-4-6-11;9-7-10-6-8-4-2-1-3-5-8;1-4(3-5)6-2;1-2-4-5-3-1;1-3-5-4-2;1-5-3-2-4;;;;;;;;/h2-6H,7-10H2,1H3;2-6H,7-10,13-14H2,1H3;2-6H,7,10H2,1H3;1-5H,6-7H2;4H,1H3;1-4H2;3-4H2,1-2H3;3H2;2*1H4;;;;;;/q;;;;;;;;;;;+1;;;;-1. The molecule has 0 amide bonds. The molecule has 4 aromatic carbocycles. The van der Waals surface area contributed by atoms with E-state index in [2.05, 4.69) is 39.0 Å². The first-order chi connectivity index (χ1) is 36.8. The Morgan fingerprint density at radius 1 is 0.675 bits per heavy atom. The van der Waals surface area contributed by atoms with Crippen LogP contribution in [0.3, 0.4) is 0 Å². The van der Waals surface area contributed by atoms with Crippen LogP contribution >= 0.6 is 11.6 Å². The van der Waals surface area contributed by atoms with Crippen LogP contribution in [0.25, 0.3) is 9.69 Å². The Hall–Kier alpha value is -5.48. The van der Waals surface area contributed by atoms with Gasteiger partial charge in [0, 0.05) is 57.3 Å². The maximum absolute atomic E-state index is 8.73. The Bertz CT molecular complexity index is 2190. The summed E-state index contributed by atoms with van der Waals surface area (Å²) < 4.78 is 31.4. The van der Waals surface area contributed by atoms with E-state index in [9.17, 15) is 0 Å². The van der Waals surface area contributed by atoms with Crippen molar-refractivity contribution in [3.05, 3.63) is 166 Å². The van der Waals surface area contributed by atoms with Crippen LogP contribution in [0.5, 0.6) is 0 Å². The number of azo groups is 1. The van der Waals surface area contributed by atoms with Crippen molar-refractivity contribution in [2.24, 2.45) is 37.9 Å². The Morgan fingerprint density at radius 2 is 1.05 bits per heavy atom. The molecule has 434 valence electrons. The van der Waals surface area contributed by atoms with Crippen molar-refractivity contribution in [3.8, 4) is 24.3 Å². The average molecular weight is 1130 g/mol. The predicted molar refractivity (Wildman–Crippen MR) is 324 cm³/mol. The fourth-order valence-electron chi connectivity index (χ4n) is 5.31. The Morgan fingerprint density at radius 3 is 1.30 bits per heavy atom. The van der Waals surface area contributed by atoms with Crippen molar-refractivity contribution in [3.63, 3.8) is 0 Å². The smallest absolute Gasteiger partial charge is 1.00 e. The molecular formula is C61H93AlClLiN10O6. The summed E-state index contributed by atoms with van der Waals surface area (Å²) in [5, 5.41) is 40.9. The van der Waals surface area contributed by atoms with Crippen LogP contribution in [0.1, 0.15) is 92.9 Å². The molecule has 2 aliphatic heterocycles. The first-order valence-electron chi connectivity index (χ1n) is 25.0. The van der Waals surface area contributed by atoms with Gasteiger partial charge in [0.05, 0.1) is 71.5 Å². The number of nitriles is 4. The van der Waals surface area contributed by atoms with Gasteiger partial charge in [-0.2, -0.15) is 31.3 Å². The summed E-state index contributed by atoms with van der Waals surface area (Å²) in [6, 6.07) is 47.0. The molecule has 0 radical (unpaired) electrons. The van der Waals surface area contributed by atoms with Gasteiger partial charge in [0.15, 0.2) is 28.8 Å². The maximum atomic E-state index is 8.73. The van der Waals surface area contributed by atoms with Gasteiger partial charge in [0.1, 0.15) is 12.1 Å². The molecule has 6 rings (SSSR count). The topological polar surface area (TPSA) is 236 Å². The summed E-state index contributed by atoms with van der Waals surface area (Å²) in [6.07, 6.45) is 2.56. The quantitative estimate of drug-likeness (QED) is 0.0388. The van der Waals surface area contributed by atoms with Crippen molar-refractivity contribution in [2.75, 3.05) is 85.0 Å². The SMILES string of the molecule is C.C.C1CCOC1.CC(C#N)(C#N)COCc1ccccc1.CC(CN)(CN)COCc1ccccc1.CC1(COCc2ccccc2)CN=NC1.CCOCC.ClCOCc1ccccc1.[AlH3].[C-]#[N+]C(C)C#N.[C-]#[N+]CC#N.[H-].[Li+]. The van der Waals surface area contributed by atoms with E-state index in [-0.39, 0.29) is 82.5 Å². The Kier molecular flexibility index (Phi) is 64.0. The van der Waals surface area contributed by atoms with Crippen molar-refractivity contribution >= 4 is 29.0 Å². The van der Waals surface area contributed by atoms with Crippen LogP contribution in [0.2, 0.25) is 0 Å². The molecule has 4 N–H and O–H groups in total. The summed E-state index contributed by atoms with van der Waals surface area (Å²) in [6.45, 7) is 33.7. The molecular weight excluding hydrogens is 1040 g/mol. The largest absolute Gasteiger partial charge is 1.00 e. The zero-order valence-electron chi connectivity index (χ0n) is 47.6. The molecule has 19 heteroatoms. The van der Waals surface area contributed by atoms with Gasteiger partial charge in [-0.05, 0) is 55.9 Å². The van der Waals surface area contributed by atoms with Crippen LogP contribution in [-0.4, -0.2) is 108 Å². The van der Waals surface area contributed by atoms with E-state index >= 15 is 0 Å². The van der Waals surface area contributed by atoms with Crippen molar-refractivity contribution in [1.82, 2.24) is 0 Å². The van der Waals surface area contributed by atoms with Gasteiger partial charge < -0.3 is 46.2 Å². The molecule has 80 heavy (non-hydrogen) atoms. The van der Waals surface area contributed by atoms with E-state index in [4.69, 9.17) is 85.7 Å². The van der Waals surface area contributed by atoms with E-state index in [0.717, 1.165) is 57.3 Å². The molecule has 0 bridgehead atoms. The van der Waals surface area contributed by atoms with Gasteiger partial charge in [-0.15, -0.1) is 0 Å².